The summed E-state index contributed by atoms with van der Waals surface area (Å²) in [5, 5.41) is -0.586. The summed E-state index contributed by atoms with van der Waals surface area (Å²) in [6.07, 6.45) is -3.42. The van der Waals surface area contributed by atoms with Crippen LogP contribution in [-0.2, 0) is 22.1 Å². The Labute approximate surface area is 148 Å². The number of rotatable bonds is 5. The fourth-order valence-electron chi connectivity index (χ4n) is 2.64. The van der Waals surface area contributed by atoms with Gasteiger partial charge >= 0.3 is 6.18 Å². The van der Waals surface area contributed by atoms with Crippen LogP contribution >= 0.6 is 0 Å². The number of aromatic nitrogens is 2. The molecule has 26 heavy (non-hydrogen) atoms. The van der Waals surface area contributed by atoms with Gasteiger partial charge in [0.25, 0.3) is 0 Å². The van der Waals surface area contributed by atoms with Crippen molar-refractivity contribution in [2.24, 2.45) is 0 Å². The second-order valence-corrected chi connectivity index (χ2v) is 7.62. The van der Waals surface area contributed by atoms with Crippen LogP contribution in [0.4, 0.5) is 13.2 Å². The predicted molar refractivity (Wildman–Crippen MR) is 91.0 cm³/mol. The fraction of sp³-hybridized carbons (Fsp3) is 0.167. The van der Waals surface area contributed by atoms with Crippen molar-refractivity contribution in [2.75, 3.05) is 0 Å². The number of halogens is 3. The van der Waals surface area contributed by atoms with Gasteiger partial charge in [0, 0.05) is 0 Å². The number of benzene rings is 2. The molecule has 0 N–H and O–H groups in total. The summed E-state index contributed by atoms with van der Waals surface area (Å²) in [6, 6.07) is 16.5. The van der Waals surface area contributed by atoms with Crippen molar-refractivity contribution in [1.82, 2.24) is 9.55 Å². The van der Waals surface area contributed by atoms with Crippen LogP contribution in [0.5, 0.6) is 0 Å². The van der Waals surface area contributed by atoms with Gasteiger partial charge in [-0.15, -0.1) is 0 Å². The second kappa shape index (κ2) is 6.95. The number of hydrogen-bond donors (Lipinski definition) is 0. The van der Waals surface area contributed by atoms with E-state index in [9.17, 15) is 21.6 Å². The third-order valence-electron chi connectivity index (χ3n) is 3.70. The Morgan fingerprint density at radius 1 is 0.923 bits per heavy atom. The predicted octanol–water partition coefficient (Wildman–Crippen LogP) is 4.09. The van der Waals surface area contributed by atoms with Crippen molar-refractivity contribution in [2.45, 2.75) is 23.6 Å². The van der Waals surface area contributed by atoms with E-state index in [0.29, 0.717) is 15.7 Å². The highest BCUT2D eigenvalue weighted by Gasteiger charge is 2.33. The number of nitrogens with zero attached hydrogens (tertiary/aromatic N) is 2. The van der Waals surface area contributed by atoms with Crippen LogP contribution in [0.15, 0.2) is 72.0 Å². The van der Waals surface area contributed by atoms with E-state index in [1.165, 1.54) is 6.20 Å². The van der Waals surface area contributed by atoms with Gasteiger partial charge in [0.1, 0.15) is 6.54 Å². The first-order chi connectivity index (χ1) is 12.3. The molecule has 0 aliphatic rings. The van der Waals surface area contributed by atoms with Crippen LogP contribution in [0.2, 0.25) is 0 Å². The third-order valence-corrected chi connectivity index (χ3v) is 5.30. The largest absolute Gasteiger partial charge is 0.406 e. The first-order valence-corrected chi connectivity index (χ1v) is 9.36. The van der Waals surface area contributed by atoms with Crippen molar-refractivity contribution >= 4 is 9.84 Å². The highest BCUT2D eigenvalue weighted by atomic mass is 32.2. The molecule has 0 radical (unpaired) electrons. The van der Waals surface area contributed by atoms with Gasteiger partial charge in [-0.2, -0.15) is 13.2 Å². The first kappa shape index (κ1) is 18.2. The molecular formula is C18H15F3N2O2S. The summed E-state index contributed by atoms with van der Waals surface area (Å²) in [5.41, 5.74) is 1.05. The van der Waals surface area contributed by atoms with Crippen LogP contribution in [-0.4, -0.2) is 24.1 Å². The quantitative estimate of drug-likeness (QED) is 0.670. The van der Waals surface area contributed by atoms with E-state index < -0.39 is 33.5 Å². The molecule has 0 amide bonds. The molecular weight excluding hydrogens is 365 g/mol. The van der Waals surface area contributed by atoms with Gasteiger partial charge in [0.2, 0.25) is 15.0 Å². The Kier molecular flexibility index (Phi) is 4.86. The molecule has 0 saturated heterocycles. The molecule has 4 nitrogen and oxygen atoms in total. The Morgan fingerprint density at radius 3 is 2.08 bits per heavy atom. The Bertz CT molecular complexity index is 982. The van der Waals surface area contributed by atoms with Crippen LogP contribution in [0.25, 0.3) is 11.3 Å². The van der Waals surface area contributed by atoms with Crippen molar-refractivity contribution in [1.29, 1.82) is 0 Å². The lowest BCUT2D eigenvalue weighted by Crippen LogP contribution is -2.22. The average molecular weight is 380 g/mol. The summed E-state index contributed by atoms with van der Waals surface area (Å²) in [7, 11) is -4.05. The normalized spacial score (nSPS) is 12.3. The zero-order valence-electron chi connectivity index (χ0n) is 13.5. The van der Waals surface area contributed by atoms with Crippen LogP contribution in [0, 0.1) is 0 Å². The van der Waals surface area contributed by atoms with E-state index in [-0.39, 0.29) is 5.69 Å². The molecule has 2 aromatic carbocycles. The van der Waals surface area contributed by atoms with E-state index in [1.54, 1.807) is 60.7 Å². The SMILES string of the molecule is O=S(=O)(Cc1ccccc1)c1ncc(-c2ccccc2)n1CC(F)(F)F. The minimum Gasteiger partial charge on any atom is -0.306 e. The molecule has 1 heterocycles. The molecule has 8 heteroatoms. The lowest BCUT2D eigenvalue weighted by molar-refractivity contribution is -0.141. The molecule has 3 rings (SSSR count). The first-order valence-electron chi connectivity index (χ1n) is 7.71. The molecule has 0 spiro atoms. The van der Waals surface area contributed by atoms with E-state index in [1.807, 2.05) is 0 Å². The maximum Gasteiger partial charge on any atom is 0.406 e. The minimum atomic E-state index is -4.58. The summed E-state index contributed by atoms with van der Waals surface area (Å²) >= 11 is 0. The van der Waals surface area contributed by atoms with E-state index in [2.05, 4.69) is 4.98 Å². The van der Waals surface area contributed by atoms with E-state index in [4.69, 9.17) is 0 Å². The van der Waals surface area contributed by atoms with Gasteiger partial charge in [-0.3, -0.25) is 0 Å². The molecule has 0 unspecified atom stereocenters. The minimum absolute atomic E-state index is 0.106. The van der Waals surface area contributed by atoms with Crippen molar-refractivity contribution in [3.05, 3.63) is 72.4 Å². The van der Waals surface area contributed by atoms with Gasteiger partial charge in [0.15, 0.2) is 0 Å². The molecule has 0 atom stereocenters. The molecule has 136 valence electrons. The van der Waals surface area contributed by atoms with Gasteiger partial charge in [-0.05, 0) is 11.1 Å². The molecule has 1 aromatic heterocycles. The Balaban J connectivity index is 2.08. The van der Waals surface area contributed by atoms with Crippen LogP contribution in [0.3, 0.4) is 0 Å². The molecule has 0 saturated carbocycles. The molecule has 0 aliphatic heterocycles. The Hall–Kier alpha value is -2.61. The third kappa shape index (κ3) is 4.13. The van der Waals surface area contributed by atoms with Crippen molar-refractivity contribution in [3.63, 3.8) is 0 Å². The number of imidazole rings is 1. The van der Waals surface area contributed by atoms with E-state index in [0.717, 1.165) is 0 Å². The molecule has 0 bridgehead atoms. The van der Waals surface area contributed by atoms with Gasteiger partial charge in [0.05, 0.1) is 17.6 Å². The number of sulfone groups is 1. The van der Waals surface area contributed by atoms with Crippen molar-refractivity contribution < 1.29 is 21.6 Å². The number of alkyl halides is 3. The highest BCUT2D eigenvalue weighted by molar-refractivity contribution is 7.90. The Morgan fingerprint density at radius 2 is 1.50 bits per heavy atom. The summed E-state index contributed by atoms with van der Waals surface area (Å²) < 4.78 is 65.3. The molecule has 3 aromatic rings. The monoisotopic (exact) mass is 380 g/mol. The standard InChI is InChI=1S/C18H15F3N2O2S/c19-18(20,21)13-23-16(15-9-5-2-6-10-15)11-22-17(23)26(24,25)12-14-7-3-1-4-8-14/h1-11H,12-13H2. The summed E-state index contributed by atoms with van der Waals surface area (Å²) in [5.74, 6) is -0.420. The van der Waals surface area contributed by atoms with Crippen LogP contribution < -0.4 is 0 Å². The lowest BCUT2D eigenvalue weighted by Gasteiger charge is -2.14. The lowest BCUT2D eigenvalue weighted by atomic mass is 10.2. The maximum absolute atomic E-state index is 13.1. The van der Waals surface area contributed by atoms with Gasteiger partial charge in [-0.25, -0.2) is 13.4 Å². The van der Waals surface area contributed by atoms with E-state index >= 15 is 0 Å². The summed E-state index contributed by atoms with van der Waals surface area (Å²) in [4.78, 5) is 3.82. The van der Waals surface area contributed by atoms with Crippen molar-refractivity contribution in [3.8, 4) is 11.3 Å². The highest BCUT2D eigenvalue weighted by Crippen LogP contribution is 2.28. The summed E-state index contributed by atoms with van der Waals surface area (Å²) in [6.45, 7) is -1.43. The average Bonchev–Trinajstić information content (AvgIpc) is 2.99. The second-order valence-electron chi connectivity index (χ2n) is 5.74. The fourth-order valence-corrected chi connectivity index (χ4v) is 4.11. The topological polar surface area (TPSA) is 52.0 Å². The van der Waals surface area contributed by atoms with Gasteiger partial charge < -0.3 is 4.57 Å². The molecule has 0 aliphatic carbocycles. The smallest absolute Gasteiger partial charge is 0.306 e. The zero-order valence-corrected chi connectivity index (χ0v) is 14.3. The number of hydrogen-bond acceptors (Lipinski definition) is 3. The van der Waals surface area contributed by atoms with Crippen LogP contribution in [0.1, 0.15) is 5.56 Å². The van der Waals surface area contributed by atoms with Gasteiger partial charge in [-0.1, -0.05) is 60.7 Å². The molecule has 0 fully saturated rings. The maximum atomic E-state index is 13.1. The zero-order chi connectivity index (χ0) is 18.8.